The molecule has 1 aliphatic rings. The summed E-state index contributed by atoms with van der Waals surface area (Å²) in [5, 5.41) is 3.33. The maximum atomic E-state index is 13.9. The van der Waals surface area contributed by atoms with Gasteiger partial charge in [0, 0.05) is 43.9 Å². The van der Waals surface area contributed by atoms with Gasteiger partial charge in [0.15, 0.2) is 0 Å². The van der Waals surface area contributed by atoms with Crippen molar-refractivity contribution in [3.8, 4) is 0 Å². The number of ether oxygens (including phenoxy) is 1. The summed E-state index contributed by atoms with van der Waals surface area (Å²) in [6.45, 7) is 8.12. The highest BCUT2D eigenvalue weighted by atomic mass is 19.1. The smallest absolute Gasteiger partial charge is 0.338 e. The molecule has 3 aromatic rings. The van der Waals surface area contributed by atoms with Crippen molar-refractivity contribution >= 4 is 11.9 Å². The summed E-state index contributed by atoms with van der Waals surface area (Å²) in [6.07, 6.45) is 3.34. The fraction of sp³-hybridized carbons (Fsp3) is 0.429. The molecule has 1 aliphatic carbocycles. The van der Waals surface area contributed by atoms with Gasteiger partial charge in [0.1, 0.15) is 17.7 Å². The van der Waals surface area contributed by atoms with Crippen molar-refractivity contribution < 1.29 is 23.1 Å². The average Bonchev–Trinajstić information content (AvgIpc) is 3.79. The van der Waals surface area contributed by atoms with Crippen LogP contribution in [0.1, 0.15) is 76.1 Å². The molecule has 43 heavy (non-hydrogen) atoms. The largest absolute Gasteiger partial charge is 0.456 e. The van der Waals surface area contributed by atoms with Gasteiger partial charge in [-0.1, -0.05) is 38.1 Å². The van der Waals surface area contributed by atoms with E-state index >= 15 is 0 Å². The van der Waals surface area contributed by atoms with E-state index in [1.54, 1.807) is 18.2 Å². The molecule has 0 aromatic heterocycles. The van der Waals surface area contributed by atoms with Crippen LogP contribution < -0.4 is 11.1 Å². The highest BCUT2D eigenvalue weighted by molar-refractivity contribution is 5.98. The van der Waals surface area contributed by atoms with Crippen molar-refractivity contribution in [3.05, 3.63) is 106 Å². The number of amides is 1. The molecule has 0 unspecified atom stereocenters. The zero-order valence-corrected chi connectivity index (χ0v) is 25.4. The van der Waals surface area contributed by atoms with E-state index in [0.29, 0.717) is 30.1 Å². The lowest BCUT2D eigenvalue weighted by atomic mass is 10.0. The zero-order chi connectivity index (χ0) is 30.9. The Kier molecular flexibility index (Phi) is 11.4. The number of esters is 1. The van der Waals surface area contributed by atoms with Gasteiger partial charge in [-0.05, 0) is 97.5 Å². The molecule has 1 amide bonds. The van der Waals surface area contributed by atoms with Gasteiger partial charge >= 0.3 is 5.97 Å². The molecule has 1 fully saturated rings. The van der Waals surface area contributed by atoms with Crippen LogP contribution in [0.2, 0.25) is 0 Å². The van der Waals surface area contributed by atoms with E-state index in [2.05, 4.69) is 24.4 Å². The van der Waals surface area contributed by atoms with Gasteiger partial charge in [-0.2, -0.15) is 0 Å². The van der Waals surface area contributed by atoms with E-state index in [0.717, 1.165) is 49.4 Å². The minimum Gasteiger partial charge on any atom is -0.456 e. The van der Waals surface area contributed by atoms with Crippen LogP contribution in [0.5, 0.6) is 0 Å². The fourth-order valence-corrected chi connectivity index (χ4v) is 5.30. The maximum absolute atomic E-state index is 13.9. The Morgan fingerprint density at radius 3 is 2.35 bits per heavy atom. The van der Waals surface area contributed by atoms with Crippen LogP contribution in [-0.4, -0.2) is 48.6 Å². The summed E-state index contributed by atoms with van der Waals surface area (Å²) in [5.74, 6) is -1.54. The van der Waals surface area contributed by atoms with E-state index in [-0.39, 0.29) is 24.4 Å². The fourth-order valence-electron chi connectivity index (χ4n) is 5.30. The first-order valence-electron chi connectivity index (χ1n) is 15.3. The Bertz CT molecular complexity index is 1390. The highest BCUT2D eigenvalue weighted by Crippen LogP contribution is 2.30. The van der Waals surface area contributed by atoms with Gasteiger partial charge in [-0.25, -0.2) is 13.6 Å². The van der Waals surface area contributed by atoms with Crippen molar-refractivity contribution in [2.24, 2.45) is 11.7 Å². The lowest BCUT2D eigenvalue weighted by Crippen LogP contribution is -2.46. The van der Waals surface area contributed by atoms with E-state index in [9.17, 15) is 18.4 Å². The van der Waals surface area contributed by atoms with Gasteiger partial charge in [0.25, 0.3) is 5.91 Å². The van der Waals surface area contributed by atoms with Crippen molar-refractivity contribution in [2.45, 2.75) is 71.6 Å². The zero-order valence-electron chi connectivity index (χ0n) is 25.4. The Morgan fingerprint density at radius 2 is 1.67 bits per heavy atom. The number of aryl methyl sites for hydroxylation is 2. The molecule has 3 N–H and O–H groups in total. The second-order valence-corrected chi connectivity index (χ2v) is 11.7. The number of nitrogens with two attached hydrogens (primary N) is 1. The van der Waals surface area contributed by atoms with Gasteiger partial charge in [0.2, 0.25) is 0 Å². The molecular formula is C35H43F2N3O3. The van der Waals surface area contributed by atoms with Crippen LogP contribution in [0.15, 0.2) is 60.7 Å². The van der Waals surface area contributed by atoms with Crippen molar-refractivity contribution in [3.63, 3.8) is 0 Å². The number of carbonyl (C=O) groups is 2. The third-order valence-corrected chi connectivity index (χ3v) is 7.72. The third kappa shape index (κ3) is 9.70. The van der Waals surface area contributed by atoms with Crippen molar-refractivity contribution in [1.29, 1.82) is 0 Å². The molecule has 8 heteroatoms. The van der Waals surface area contributed by atoms with Gasteiger partial charge in [-0.3, -0.25) is 4.79 Å². The molecule has 4 rings (SSSR count). The monoisotopic (exact) mass is 591 g/mol. The summed E-state index contributed by atoms with van der Waals surface area (Å²) in [6, 6.07) is 15.8. The summed E-state index contributed by atoms with van der Waals surface area (Å²) < 4.78 is 33.7. The van der Waals surface area contributed by atoms with Crippen molar-refractivity contribution in [1.82, 2.24) is 10.2 Å². The average molecular weight is 592 g/mol. The van der Waals surface area contributed by atoms with Gasteiger partial charge in [-0.15, -0.1) is 0 Å². The molecular weight excluding hydrogens is 548 g/mol. The second-order valence-electron chi connectivity index (χ2n) is 11.7. The number of carbonyl (C=O) groups excluding carboxylic acids is 2. The van der Waals surface area contributed by atoms with Crippen LogP contribution in [0, 0.1) is 24.5 Å². The van der Waals surface area contributed by atoms with E-state index in [1.165, 1.54) is 17.7 Å². The maximum Gasteiger partial charge on any atom is 0.338 e. The normalized spacial score (nSPS) is 14.3. The third-order valence-electron chi connectivity index (χ3n) is 7.72. The molecule has 230 valence electrons. The Morgan fingerprint density at radius 1 is 0.977 bits per heavy atom. The molecule has 0 spiro atoms. The molecule has 0 saturated heterocycles. The van der Waals surface area contributed by atoms with Crippen molar-refractivity contribution in [2.75, 3.05) is 19.6 Å². The molecule has 0 aliphatic heterocycles. The predicted molar refractivity (Wildman–Crippen MR) is 165 cm³/mol. The van der Waals surface area contributed by atoms with E-state index in [1.807, 2.05) is 30.9 Å². The number of benzene rings is 3. The van der Waals surface area contributed by atoms with E-state index < -0.39 is 29.7 Å². The molecule has 0 heterocycles. The van der Waals surface area contributed by atoms with E-state index in [4.69, 9.17) is 10.5 Å². The summed E-state index contributed by atoms with van der Waals surface area (Å²) in [5.41, 5.74) is 10.7. The minimum absolute atomic E-state index is 0.0936. The first-order valence-corrected chi connectivity index (χ1v) is 15.3. The first kappa shape index (κ1) is 32.3. The topological polar surface area (TPSA) is 84.7 Å². The number of halogens is 2. The number of nitrogens with zero attached hydrogens (tertiary/aromatic N) is 1. The predicted octanol–water partition coefficient (Wildman–Crippen LogP) is 5.98. The van der Waals surface area contributed by atoms with Crippen LogP contribution >= 0.6 is 0 Å². The van der Waals surface area contributed by atoms with Gasteiger partial charge in [0.05, 0.1) is 5.56 Å². The Labute approximate surface area is 253 Å². The number of hydrogen-bond acceptors (Lipinski definition) is 5. The number of nitrogens with one attached hydrogen (secondary N) is 1. The quantitative estimate of drug-likeness (QED) is 0.212. The molecule has 0 radical (unpaired) electrons. The van der Waals surface area contributed by atoms with Crippen LogP contribution in [0.25, 0.3) is 0 Å². The molecule has 2 atom stereocenters. The van der Waals surface area contributed by atoms with Crippen LogP contribution in [0.3, 0.4) is 0 Å². The van der Waals surface area contributed by atoms with Crippen LogP contribution in [-0.2, 0) is 24.1 Å². The van der Waals surface area contributed by atoms with Gasteiger partial charge < -0.3 is 20.7 Å². The number of hydrogen-bond donors (Lipinski definition) is 2. The summed E-state index contributed by atoms with van der Waals surface area (Å²) in [4.78, 5) is 28.8. The Hall–Kier alpha value is -3.62. The van der Waals surface area contributed by atoms with Crippen LogP contribution in [0.4, 0.5) is 8.78 Å². The molecule has 3 aromatic carbocycles. The number of rotatable bonds is 15. The lowest BCUT2D eigenvalue weighted by Gasteiger charge is -2.25. The molecule has 0 bridgehead atoms. The molecule has 6 nitrogen and oxygen atoms in total. The summed E-state index contributed by atoms with van der Waals surface area (Å²) >= 11 is 0. The highest BCUT2D eigenvalue weighted by Gasteiger charge is 2.28. The Balaban J connectivity index is 1.51. The minimum atomic E-state index is -0.806. The first-order chi connectivity index (χ1) is 20.6. The molecule has 1 saturated carbocycles. The second kappa shape index (κ2) is 15.2. The SMILES string of the molecule is CCCN(CC1CC1)C(=O)c1cc(C)cc(C(=O)O[C@H](CNCc2cccc(CC)c2)[C@@H](N)Cc2cc(F)cc(F)c2)c1. The lowest BCUT2D eigenvalue weighted by molar-refractivity contribution is 0.0238. The standard InChI is InChI=1S/C35H43F2N3O3/c1-4-11-40(22-25-9-10-25)34(41)28-12-23(3)13-29(18-28)35(42)43-33(21-39-20-26-8-6-7-24(5-2)14-26)32(38)17-27-15-30(36)19-31(37)16-27/h6-8,12-16,18-19,25,32-33,39H,4-5,9-11,17,20-22,38H2,1-3H3/t32-,33+/m0/s1. The summed E-state index contributed by atoms with van der Waals surface area (Å²) in [7, 11) is 0.